The molecule has 1 aromatic rings. The lowest BCUT2D eigenvalue weighted by molar-refractivity contribution is 0.0529. The molecule has 0 atom stereocenters. The number of hydrogen-bond donors (Lipinski definition) is 3. The second-order valence-corrected chi connectivity index (χ2v) is 6.66. The van der Waals surface area contributed by atoms with Crippen molar-refractivity contribution in [3.63, 3.8) is 0 Å². The summed E-state index contributed by atoms with van der Waals surface area (Å²) in [6, 6.07) is 5.12. The Morgan fingerprint density at radius 3 is 2.41 bits per heavy atom. The lowest BCUT2D eigenvalue weighted by atomic mass is 10.2. The fourth-order valence-electron chi connectivity index (χ4n) is 1.40. The maximum absolute atomic E-state index is 11.4. The summed E-state index contributed by atoms with van der Waals surface area (Å²) in [5.41, 5.74) is 0.217. The molecule has 0 bridgehead atoms. The molecule has 8 heteroatoms. The van der Waals surface area contributed by atoms with Crippen molar-refractivity contribution >= 4 is 52.3 Å². The van der Waals surface area contributed by atoms with E-state index >= 15 is 0 Å². The smallest absolute Gasteiger partial charge is 0.407 e. The van der Waals surface area contributed by atoms with E-state index in [-0.39, 0.29) is 0 Å². The number of amides is 1. The van der Waals surface area contributed by atoms with Crippen molar-refractivity contribution in [1.82, 2.24) is 10.6 Å². The van der Waals surface area contributed by atoms with E-state index in [1.165, 1.54) is 0 Å². The summed E-state index contributed by atoms with van der Waals surface area (Å²) in [5, 5.41) is 9.90. The first-order valence-electron chi connectivity index (χ1n) is 6.64. The van der Waals surface area contributed by atoms with Crippen LogP contribution in [0.3, 0.4) is 0 Å². The Balaban J connectivity index is 2.26. The van der Waals surface area contributed by atoms with Gasteiger partial charge in [0.05, 0.1) is 10.0 Å². The third-order valence-corrected chi connectivity index (χ3v) is 3.24. The summed E-state index contributed by atoms with van der Waals surface area (Å²) >= 11 is 16.9. The Morgan fingerprint density at radius 1 is 1.18 bits per heavy atom. The Hall–Kier alpha value is -1.24. The number of ether oxygens (including phenoxy) is 1. The number of halogens is 2. The molecular weight excluding hydrogens is 345 g/mol. The van der Waals surface area contributed by atoms with Gasteiger partial charge in [0.15, 0.2) is 5.11 Å². The number of benzene rings is 1. The topological polar surface area (TPSA) is 62.4 Å². The molecular formula is C14H19Cl2N3O2S. The number of rotatable bonds is 4. The van der Waals surface area contributed by atoms with Gasteiger partial charge < -0.3 is 20.7 Å². The number of carbonyl (C=O) groups is 1. The minimum absolute atomic E-state index is 0.387. The highest BCUT2D eigenvalue weighted by Gasteiger charge is 2.15. The largest absolute Gasteiger partial charge is 0.444 e. The molecule has 0 saturated heterocycles. The normalized spacial score (nSPS) is 10.8. The van der Waals surface area contributed by atoms with Gasteiger partial charge >= 0.3 is 6.09 Å². The number of alkyl carbamates (subject to hydrolysis) is 1. The Labute approximate surface area is 145 Å². The van der Waals surface area contributed by atoms with E-state index in [0.717, 1.165) is 5.69 Å². The molecule has 22 heavy (non-hydrogen) atoms. The van der Waals surface area contributed by atoms with Crippen molar-refractivity contribution in [2.75, 3.05) is 18.4 Å². The van der Waals surface area contributed by atoms with Gasteiger partial charge in [0.25, 0.3) is 0 Å². The van der Waals surface area contributed by atoms with E-state index in [1.807, 2.05) is 0 Å². The molecule has 5 nitrogen and oxygen atoms in total. The molecule has 0 fully saturated rings. The fourth-order valence-corrected chi connectivity index (χ4v) is 1.92. The summed E-state index contributed by atoms with van der Waals surface area (Å²) in [6.07, 6.45) is -0.460. The zero-order valence-electron chi connectivity index (χ0n) is 12.6. The van der Waals surface area contributed by atoms with Gasteiger partial charge in [-0.25, -0.2) is 4.79 Å². The van der Waals surface area contributed by atoms with Crippen LogP contribution in [0.5, 0.6) is 0 Å². The average molecular weight is 364 g/mol. The summed E-state index contributed by atoms with van der Waals surface area (Å²) in [6.45, 7) is 6.27. The van der Waals surface area contributed by atoms with Gasteiger partial charge in [-0.2, -0.15) is 0 Å². The van der Waals surface area contributed by atoms with Gasteiger partial charge in [0.2, 0.25) is 0 Å². The third-order valence-electron chi connectivity index (χ3n) is 2.26. The molecule has 122 valence electrons. The Bertz CT molecular complexity index is 547. The van der Waals surface area contributed by atoms with Crippen LogP contribution in [-0.4, -0.2) is 29.9 Å². The highest BCUT2D eigenvalue weighted by molar-refractivity contribution is 7.80. The van der Waals surface area contributed by atoms with Gasteiger partial charge in [-0.3, -0.25) is 0 Å². The zero-order valence-corrected chi connectivity index (χ0v) is 15.0. The molecule has 0 saturated carbocycles. The highest BCUT2D eigenvalue weighted by Crippen LogP contribution is 2.24. The van der Waals surface area contributed by atoms with Crippen molar-refractivity contribution in [1.29, 1.82) is 0 Å². The molecule has 0 spiro atoms. The highest BCUT2D eigenvalue weighted by atomic mass is 35.5. The third kappa shape index (κ3) is 7.68. The van der Waals surface area contributed by atoms with E-state index in [9.17, 15) is 4.79 Å². The van der Waals surface area contributed by atoms with Gasteiger partial charge in [0, 0.05) is 18.8 Å². The van der Waals surface area contributed by atoms with Crippen LogP contribution in [-0.2, 0) is 4.74 Å². The predicted molar refractivity (Wildman–Crippen MR) is 94.9 cm³/mol. The fraction of sp³-hybridized carbons (Fsp3) is 0.429. The molecule has 1 rings (SSSR count). The van der Waals surface area contributed by atoms with Crippen LogP contribution in [0.4, 0.5) is 10.5 Å². The summed E-state index contributed by atoms with van der Waals surface area (Å²) in [4.78, 5) is 11.4. The molecule has 1 aromatic carbocycles. The van der Waals surface area contributed by atoms with Crippen molar-refractivity contribution < 1.29 is 9.53 Å². The van der Waals surface area contributed by atoms with Crippen LogP contribution in [0, 0.1) is 0 Å². The number of nitrogens with one attached hydrogen (secondary N) is 3. The average Bonchev–Trinajstić information content (AvgIpc) is 2.37. The minimum Gasteiger partial charge on any atom is -0.444 e. The van der Waals surface area contributed by atoms with E-state index < -0.39 is 11.7 Å². The Morgan fingerprint density at radius 2 is 1.82 bits per heavy atom. The summed E-state index contributed by atoms with van der Waals surface area (Å²) in [7, 11) is 0. The molecule has 1 amide bonds. The van der Waals surface area contributed by atoms with Gasteiger partial charge in [0.1, 0.15) is 5.60 Å². The maximum Gasteiger partial charge on any atom is 0.407 e. The number of hydrogen-bond acceptors (Lipinski definition) is 3. The van der Waals surface area contributed by atoms with Gasteiger partial charge in [-0.15, -0.1) is 0 Å². The van der Waals surface area contributed by atoms with Crippen molar-refractivity contribution in [3.05, 3.63) is 28.2 Å². The first-order valence-corrected chi connectivity index (χ1v) is 7.80. The molecule has 3 N–H and O–H groups in total. The second-order valence-electron chi connectivity index (χ2n) is 5.44. The maximum atomic E-state index is 11.4. The standard InChI is InChI=1S/C14H19Cl2N3O2S/c1-14(2,3)21-13(20)18-7-6-17-12(22)19-9-4-5-10(15)11(16)8-9/h4-5,8H,6-7H2,1-3H3,(H,18,20)(H2,17,19,22). The number of anilines is 1. The number of thiocarbonyl (C=S) groups is 1. The molecule has 0 aliphatic heterocycles. The van der Waals surface area contributed by atoms with Gasteiger partial charge in [-0.1, -0.05) is 23.2 Å². The number of carbonyl (C=O) groups excluding carboxylic acids is 1. The molecule has 0 unspecified atom stereocenters. The van der Waals surface area contributed by atoms with E-state index in [2.05, 4.69) is 16.0 Å². The van der Waals surface area contributed by atoms with Crippen molar-refractivity contribution in [3.8, 4) is 0 Å². The summed E-state index contributed by atoms with van der Waals surface area (Å²) < 4.78 is 5.11. The Kier molecular flexibility index (Phi) is 7.19. The van der Waals surface area contributed by atoms with E-state index in [4.69, 9.17) is 40.2 Å². The minimum atomic E-state index is -0.512. The van der Waals surface area contributed by atoms with E-state index in [0.29, 0.717) is 28.2 Å². The van der Waals surface area contributed by atoms with Crippen LogP contribution < -0.4 is 16.0 Å². The van der Waals surface area contributed by atoms with Crippen LogP contribution in [0.25, 0.3) is 0 Å². The van der Waals surface area contributed by atoms with E-state index in [1.54, 1.807) is 39.0 Å². The summed E-state index contributed by atoms with van der Waals surface area (Å²) in [5.74, 6) is 0. The van der Waals surface area contributed by atoms with Crippen LogP contribution in [0.1, 0.15) is 20.8 Å². The van der Waals surface area contributed by atoms with Crippen LogP contribution in [0.15, 0.2) is 18.2 Å². The quantitative estimate of drug-likeness (QED) is 0.560. The molecule has 0 heterocycles. The molecule has 0 aliphatic carbocycles. The van der Waals surface area contributed by atoms with Crippen molar-refractivity contribution in [2.45, 2.75) is 26.4 Å². The predicted octanol–water partition coefficient (Wildman–Crippen LogP) is 3.80. The van der Waals surface area contributed by atoms with Crippen molar-refractivity contribution in [2.24, 2.45) is 0 Å². The monoisotopic (exact) mass is 363 g/mol. The second kappa shape index (κ2) is 8.41. The SMILES string of the molecule is CC(C)(C)OC(=O)NCCNC(=S)Nc1ccc(Cl)c(Cl)c1. The van der Waals surface area contributed by atoms with Gasteiger partial charge in [-0.05, 0) is 51.2 Å². The zero-order chi connectivity index (χ0) is 16.8. The van der Waals surface area contributed by atoms with Crippen LogP contribution >= 0.6 is 35.4 Å². The van der Waals surface area contributed by atoms with Crippen LogP contribution in [0.2, 0.25) is 10.0 Å². The first kappa shape index (κ1) is 18.8. The lowest BCUT2D eigenvalue weighted by Gasteiger charge is -2.19. The molecule has 0 radical (unpaired) electrons. The molecule has 0 aromatic heterocycles. The first-order chi connectivity index (χ1) is 10.2. The molecule has 0 aliphatic rings. The lowest BCUT2D eigenvalue weighted by Crippen LogP contribution is -2.39.